The largest absolute Gasteiger partial charge is 0.340 e. The van der Waals surface area contributed by atoms with Gasteiger partial charge in [-0.15, -0.1) is 0 Å². The van der Waals surface area contributed by atoms with Crippen LogP contribution in [0.2, 0.25) is 0 Å². The Labute approximate surface area is 792 Å². The molecule has 0 spiro atoms. The van der Waals surface area contributed by atoms with Gasteiger partial charge in [-0.2, -0.15) is 24.9 Å². The standard InChI is InChI=1S/C23H25FN6O.C21H21N5O.C20H18FN5O.2C20H19N5O/c1-16-7-4-8-17(13-16)27-22-20(24)15-25-23(29-22)28-19-10-5-9-18(14-19)26-21(31)11-6-12-30(2)3;1-4-19(27)23-17-9-6-10-18(12-17)25-21-22-13-15(3)20(26-21)24-16-8-5-7-14(2)11-16;1-3-18(27)23-15-8-5-9-16(11-15)25-20-22-12-17(21)19(26-20)24-14-7-4-6-13(2)10-14;1-3-19(26)23-16-8-5-9-17(13-16)24-20-21-11-10-18(25-20)22-15-7-4-6-14(2)12-15;1-3-18(26)22-16-10-7-11-17(12-16)24-20-21-13-14(2)19(25-20)23-15-8-5-4-6-9-15/h4-11,13-15H,12H2,1-3H3,(H,26,31)(H2,25,27,28,29);4-13H,1H2,2-3H3,(H,23,27)(H2,22,24,25,26);3-12H,1H2,2H3,(H,23,27)(H2,22,24,25,26);3-13H,1H2,2H3,(H,23,26)(H2,21,22,24,25);3-13H,1H2,2H3,(H,22,26)(H2,21,23,24,25)/b11-6+;;;;. The lowest BCUT2D eigenvalue weighted by molar-refractivity contribution is -0.112. The van der Waals surface area contributed by atoms with Gasteiger partial charge in [0.05, 0.1) is 12.4 Å². The SMILES string of the molecule is C=CC(=O)Nc1cccc(Nc2ncc(C)c(Nc3cccc(C)c3)n2)c1.C=CC(=O)Nc1cccc(Nc2ncc(C)c(Nc3ccccc3)n2)c1.C=CC(=O)Nc1cccc(Nc2ncc(F)c(Nc3cccc(C)c3)n2)c1.C=CC(=O)Nc1cccc(Nc2nccc(Nc3cccc(C)c3)n2)c1.Cc1cccc(Nc2nc(Nc3cccc(NC(=O)/C=C/CN(C)C)c3)ncc2F)c1. The minimum absolute atomic E-state index is 0.0641. The van der Waals surface area contributed by atoms with Gasteiger partial charge in [-0.3, -0.25) is 24.0 Å². The Bertz CT molecular complexity index is 6620. The van der Waals surface area contributed by atoms with E-state index in [1.807, 2.05) is 218 Å². The highest BCUT2D eigenvalue weighted by Gasteiger charge is 2.15. The second-order valence-corrected chi connectivity index (χ2v) is 30.4. The van der Waals surface area contributed by atoms with E-state index in [1.54, 1.807) is 116 Å². The molecule has 0 aliphatic carbocycles. The second kappa shape index (κ2) is 50.6. The van der Waals surface area contributed by atoms with Crippen molar-refractivity contribution >= 4 is 174 Å². The molecular weight excluding hydrogens is 1730 g/mol. The average molecular weight is 1830 g/mol. The first kappa shape index (κ1) is 99.1. The average Bonchev–Trinajstić information content (AvgIpc) is 0.849. The number of carbonyl (C=O) groups is 5. The van der Waals surface area contributed by atoms with Crippen LogP contribution in [-0.4, -0.2) is 105 Å². The number of nitrogens with zero attached hydrogens (tertiary/aromatic N) is 11. The minimum atomic E-state index is -0.561. The molecule has 0 fully saturated rings. The Morgan fingerprint density at radius 2 is 0.547 bits per heavy atom. The molecule has 137 heavy (non-hydrogen) atoms. The third-order valence-electron chi connectivity index (χ3n) is 18.7. The van der Waals surface area contributed by atoms with Crippen LogP contribution in [0, 0.1) is 53.2 Å². The Balaban J connectivity index is 0.000000165. The number of carbonyl (C=O) groups excluding carboxylic acids is 5. The van der Waals surface area contributed by atoms with Crippen LogP contribution in [0.5, 0.6) is 0 Å². The van der Waals surface area contributed by atoms with Crippen molar-refractivity contribution in [3.8, 4) is 0 Å². The summed E-state index contributed by atoms with van der Waals surface area (Å²) in [4.78, 5) is 102. The highest BCUT2D eigenvalue weighted by molar-refractivity contribution is 6.02. The zero-order valence-corrected chi connectivity index (χ0v) is 76.4. The maximum atomic E-state index is 14.2. The summed E-state index contributed by atoms with van der Waals surface area (Å²) in [6, 6.07) is 78.9. The minimum Gasteiger partial charge on any atom is -0.340 e. The van der Waals surface area contributed by atoms with Gasteiger partial charge in [-0.25, -0.2) is 33.7 Å². The zero-order valence-electron chi connectivity index (χ0n) is 76.4. The molecule has 15 rings (SSSR count). The monoisotopic (exact) mass is 1830 g/mol. The topological polar surface area (TPSA) is 398 Å². The van der Waals surface area contributed by atoms with Gasteiger partial charge in [0.2, 0.25) is 59.3 Å². The van der Waals surface area contributed by atoms with Crippen LogP contribution in [0.25, 0.3) is 0 Å². The second-order valence-electron chi connectivity index (χ2n) is 30.4. The van der Waals surface area contributed by atoms with Gasteiger partial charge in [0.25, 0.3) is 0 Å². The molecule has 5 aromatic heterocycles. The summed E-state index contributed by atoms with van der Waals surface area (Å²) < 4.78 is 28.3. The Morgan fingerprint density at radius 3 is 0.869 bits per heavy atom. The van der Waals surface area contributed by atoms with Crippen molar-refractivity contribution in [3.05, 3.63) is 394 Å². The van der Waals surface area contributed by atoms with Gasteiger partial charge < -0.3 is 84.7 Å². The molecule has 10 aromatic carbocycles. The predicted molar refractivity (Wildman–Crippen MR) is 547 cm³/mol. The number of aromatic nitrogens is 10. The first-order valence-corrected chi connectivity index (χ1v) is 42.7. The highest BCUT2D eigenvalue weighted by atomic mass is 19.1. The van der Waals surface area contributed by atoms with Crippen LogP contribution < -0.4 is 79.8 Å². The molecule has 15 aromatic rings. The molecular formula is C104H102F2N26O5. The molecule has 0 atom stereocenters. The van der Waals surface area contributed by atoms with Crippen LogP contribution in [0.4, 0.5) is 153 Å². The number of anilines is 25. The first-order valence-electron chi connectivity index (χ1n) is 42.7. The number of amides is 5. The zero-order chi connectivity index (χ0) is 97.4. The first-order chi connectivity index (χ1) is 66.2. The van der Waals surface area contributed by atoms with E-state index >= 15 is 0 Å². The fourth-order valence-electron chi connectivity index (χ4n) is 12.2. The van der Waals surface area contributed by atoms with E-state index in [1.165, 1.54) is 41.5 Å². The summed E-state index contributed by atoms with van der Waals surface area (Å²) >= 11 is 0. The van der Waals surface area contributed by atoms with E-state index in [4.69, 9.17) is 0 Å². The molecule has 31 nitrogen and oxygen atoms in total. The van der Waals surface area contributed by atoms with Gasteiger partial charge in [0.1, 0.15) is 17.5 Å². The smallest absolute Gasteiger partial charge is 0.248 e. The van der Waals surface area contributed by atoms with Crippen molar-refractivity contribution in [1.29, 1.82) is 0 Å². The maximum absolute atomic E-state index is 14.2. The van der Waals surface area contributed by atoms with E-state index in [-0.39, 0.29) is 53.1 Å². The van der Waals surface area contributed by atoms with Crippen LogP contribution in [0.15, 0.2) is 349 Å². The van der Waals surface area contributed by atoms with Crippen molar-refractivity contribution in [1.82, 2.24) is 54.7 Å². The lowest BCUT2D eigenvalue weighted by Crippen LogP contribution is -2.13. The van der Waals surface area contributed by atoms with Gasteiger partial charge in [-0.05, 0) is 260 Å². The maximum Gasteiger partial charge on any atom is 0.248 e. The molecule has 0 bridgehead atoms. The Hall–Kier alpha value is -18.5. The Morgan fingerprint density at radius 1 is 0.285 bits per heavy atom. The highest BCUT2D eigenvalue weighted by Crippen LogP contribution is 2.30. The van der Waals surface area contributed by atoms with E-state index in [2.05, 4.69) is 162 Å². The van der Waals surface area contributed by atoms with E-state index < -0.39 is 11.6 Å². The molecule has 0 aliphatic heterocycles. The van der Waals surface area contributed by atoms with Gasteiger partial charge in [-0.1, -0.05) is 129 Å². The summed E-state index contributed by atoms with van der Waals surface area (Å²) in [6.45, 7) is 26.3. The number of benzene rings is 10. The Kier molecular flexibility index (Phi) is 36.6. The van der Waals surface area contributed by atoms with Crippen LogP contribution in [0.3, 0.4) is 0 Å². The summed E-state index contributed by atoms with van der Waals surface area (Å²) in [7, 11) is 3.85. The van der Waals surface area contributed by atoms with E-state index in [9.17, 15) is 32.8 Å². The molecule has 692 valence electrons. The van der Waals surface area contributed by atoms with Crippen molar-refractivity contribution in [3.63, 3.8) is 0 Å². The molecule has 5 heterocycles. The third kappa shape index (κ3) is 33.7. The van der Waals surface area contributed by atoms with E-state index in [0.717, 1.165) is 91.8 Å². The molecule has 0 saturated heterocycles. The number of likely N-dealkylation sites (N-methyl/N-ethyl adjacent to an activating group) is 1. The number of hydrogen-bond acceptors (Lipinski definition) is 26. The molecule has 5 amide bonds. The van der Waals surface area contributed by atoms with Crippen molar-refractivity contribution < 1.29 is 32.8 Å². The predicted octanol–water partition coefficient (Wildman–Crippen LogP) is 22.5. The lowest BCUT2D eigenvalue weighted by atomic mass is 10.2. The quantitative estimate of drug-likeness (QED) is 0.0174. The summed E-state index contributed by atoms with van der Waals surface area (Å²) in [5.74, 6) is 1.66. The molecule has 33 heteroatoms. The fourth-order valence-corrected chi connectivity index (χ4v) is 12.2. The summed E-state index contributed by atoms with van der Waals surface area (Å²) in [5.41, 5.74) is 17.4. The number of hydrogen-bond donors (Lipinski definition) is 15. The third-order valence-corrected chi connectivity index (χ3v) is 18.7. The van der Waals surface area contributed by atoms with Gasteiger partial charge in [0.15, 0.2) is 23.3 Å². The number of halogens is 2. The number of para-hydroxylation sites is 1. The summed E-state index contributed by atoms with van der Waals surface area (Å²) in [5, 5.41) is 44.9. The van der Waals surface area contributed by atoms with Gasteiger partial charge >= 0.3 is 0 Å². The molecule has 0 saturated carbocycles. The fraction of sp³-hybridized carbons (Fsp3) is 0.0865. The van der Waals surface area contributed by atoms with Crippen LogP contribution in [-0.2, 0) is 24.0 Å². The lowest BCUT2D eigenvalue weighted by Gasteiger charge is -2.12. The molecule has 0 aliphatic rings. The van der Waals surface area contributed by atoms with E-state index in [0.29, 0.717) is 70.0 Å². The van der Waals surface area contributed by atoms with Crippen LogP contribution >= 0.6 is 0 Å². The molecule has 0 radical (unpaired) electrons. The van der Waals surface area contributed by atoms with Crippen molar-refractivity contribution in [2.45, 2.75) is 41.5 Å². The van der Waals surface area contributed by atoms with Crippen molar-refractivity contribution in [2.75, 3.05) is 100 Å². The number of aryl methyl sites for hydroxylation is 6. The normalized spacial score (nSPS) is 10.3. The summed E-state index contributed by atoms with van der Waals surface area (Å²) in [6.07, 6.45) is 15.5. The van der Waals surface area contributed by atoms with Gasteiger partial charge in [0, 0.05) is 128 Å². The number of nitrogens with one attached hydrogen (secondary N) is 15. The molecule has 0 unspecified atom stereocenters. The van der Waals surface area contributed by atoms with Crippen LogP contribution in [0.1, 0.15) is 33.4 Å². The molecule has 15 N–H and O–H groups in total. The van der Waals surface area contributed by atoms with Crippen molar-refractivity contribution in [2.24, 2.45) is 0 Å². The number of rotatable bonds is 32.